The molecule has 2 aromatic carbocycles. The second-order valence-corrected chi connectivity index (χ2v) is 6.10. The second-order valence-electron chi connectivity index (χ2n) is 6.10. The van der Waals surface area contributed by atoms with Crippen LogP contribution in [0, 0.1) is 6.92 Å². The zero-order valence-corrected chi connectivity index (χ0v) is 15.1. The summed E-state index contributed by atoms with van der Waals surface area (Å²) >= 11 is 0. The highest BCUT2D eigenvalue weighted by Crippen LogP contribution is 2.34. The number of aryl methyl sites for hydroxylation is 1. The van der Waals surface area contributed by atoms with Gasteiger partial charge in [-0.2, -0.15) is 13.2 Å². The van der Waals surface area contributed by atoms with Crippen molar-refractivity contribution in [3.63, 3.8) is 0 Å². The van der Waals surface area contributed by atoms with E-state index < -0.39 is 17.6 Å². The van der Waals surface area contributed by atoms with Crippen LogP contribution in [0.2, 0.25) is 0 Å². The highest BCUT2D eigenvalue weighted by Gasteiger charge is 2.33. The molecule has 0 aliphatic heterocycles. The van der Waals surface area contributed by atoms with Crippen LogP contribution in [0.1, 0.15) is 23.6 Å². The van der Waals surface area contributed by atoms with Gasteiger partial charge in [0.2, 0.25) is 11.8 Å². The number of carbonyl (C=O) groups excluding carboxylic acids is 2. The lowest BCUT2D eigenvalue weighted by molar-refractivity contribution is -0.137. The summed E-state index contributed by atoms with van der Waals surface area (Å²) in [6.45, 7) is 3.57. The summed E-state index contributed by atoms with van der Waals surface area (Å²) in [5.74, 6) is -0.933. The van der Waals surface area contributed by atoms with Crippen LogP contribution >= 0.6 is 0 Å². The van der Waals surface area contributed by atoms with Crippen molar-refractivity contribution in [3.05, 3.63) is 65.2 Å². The quantitative estimate of drug-likeness (QED) is 0.825. The molecule has 0 heterocycles. The van der Waals surface area contributed by atoms with Gasteiger partial charge >= 0.3 is 6.18 Å². The number of hydrogen-bond donors (Lipinski definition) is 1. The molecule has 27 heavy (non-hydrogen) atoms. The summed E-state index contributed by atoms with van der Waals surface area (Å²) in [4.78, 5) is 26.0. The van der Waals surface area contributed by atoms with E-state index in [1.54, 1.807) is 6.92 Å². The lowest BCUT2D eigenvalue weighted by Crippen LogP contribution is -2.39. The Morgan fingerprint density at radius 3 is 2.30 bits per heavy atom. The molecule has 0 bridgehead atoms. The number of amides is 2. The first kappa shape index (κ1) is 20.5. The van der Waals surface area contributed by atoms with Gasteiger partial charge in [0.15, 0.2) is 0 Å². The third kappa shape index (κ3) is 5.57. The van der Waals surface area contributed by atoms with E-state index in [-0.39, 0.29) is 31.1 Å². The fourth-order valence-corrected chi connectivity index (χ4v) is 2.66. The molecule has 4 nitrogen and oxygen atoms in total. The summed E-state index contributed by atoms with van der Waals surface area (Å²) in [5, 5.41) is 2.26. The van der Waals surface area contributed by atoms with E-state index in [9.17, 15) is 22.8 Å². The minimum absolute atomic E-state index is 0.132. The van der Waals surface area contributed by atoms with E-state index >= 15 is 0 Å². The van der Waals surface area contributed by atoms with Crippen molar-refractivity contribution in [3.8, 4) is 0 Å². The third-order valence-corrected chi connectivity index (χ3v) is 4.18. The Labute approximate surface area is 156 Å². The molecule has 0 saturated carbocycles. The molecule has 2 amide bonds. The van der Waals surface area contributed by atoms with Crippen molar-refractivity contribution < 1.29 is 22.8 Å². The Morgan fingerprint density at radius 1 is 1.04 bits per heavy atom. The van der Waals surface area contributed by atoms with Gasteiger partial charge < -0.3 is 10.2 Å². The van der Waals surface area contributed by atoms with E-state index in [4.69, 9.17) is 0 Å². The molecule has 1 N–H and O–H groups in total. The Kier molecular flexibility index (Phi) is 6.60. The molecule has 0 saturated heterocycles. The number of halogens is 3. The maximum absolute atomic E-state index is 13.0. The maximum Gasteiger partial charge on any atom is 0.418 e. The third-order valence-electron chi connectivity index (χ3n) is 4.18. The number of alkyl halides is 3. The van der Waals surface area contributed by atoms with Gasteiger partial charge in [-0.25, -0.2) is 0 Å². The van der Waals surface area contributed by atoms with Gasteiger partial charge in [0.1, 0.15) is 0 Å². The van der Waals surface area contributed by atoms with Gasteiger partial charge in [-0.3, -0.25) is 9.59 Å². The number of benzene rings is 2. The van der Waals surface area contributed by atoms with Crippen LogP contribution in [-0.4, -0.2) is 29.8 Å². The fraction of sp³-hybridized carbons (Fsp3) is 0.300. The minimum atomic E-state index is -4.57. The molecular formula is C20H21F3N2O2. The Bertz CT molecular complexity index is 819. The van der Waals surface area contributed by atoms with Crippen molar-refractivity contribution in [2.75, 3.05) is 18.4 Å². The number of likely N-dealkylation sites (N-methyl/N-ethyl adjacent to an activating group) is 1. The molecule has 0 spiro atoms. The van der Waals surface area contributed by atoms with E-state index in [0.717, 1.165) is 17.2 Å². The SMILES string of the molecule is CCN(CC(=O)Nc1ccccc1C(F)(F)F)C(=O)Cc1ccccc1C. The van der Waals surface area contributed by atoms with Crippen LogP contribution in [-0.2, 0) is 22.2 Å². The lowest BCUT2D eigenvalue weighted by atomic mass is 10.1. The molecule has 2 aromatic rings. The number of nitrogens with one attached hydrogen (secondary N) is 1. The van der Waals surface area contributed by atoms with Gasteiger partial charge in [0.05, 0.1) is 24.2 Å². The molecule has 0 radical (unpaired) electrons. The van der Waals surface area contributed by atoms with Crippen molar-refractivity contribution in [1.82, 2.24) is 4.90 Å². The van der Waals surface area contributed by atoms with Gasteiger partial charge in [-0.05, 0) is 37.1 Å². The zero-order chi connectivity index (χ0) is 20.0. The summed E-state index contributed by atoms with van der Waals surface area (Å²) in [5.41, 5.74) is 0.569. The Morgan fingerprint density at radius 2 is 1.67 bits per heavy atom. The predicted molar refractivity (Wildman–Crippen MR) is 97.2 cm³/mol. The number of carbonyl (C=O) groups is 2. The van der Waals surface area contributed by atoms with Crippen LogP contribution in [0.25, 0.3) is 0 Å². The average Bonchev–Trinajstić information content (AvgIpc) is 2.61. The predicted octanol–water partition coefficient (Wildman–Crippen LogP) is 4.04. The van der Waals surface area contributed by atoms with E-state index in [0.29, 0.717) is 0 Å². The highest BCUT2D eigenvalue weighted by atomic mass is 19.4. The maximum atomic E-state index is 13.0. The summed E-state index contributed by atoms with van der Waals surface area (Å²) in [7, 11) is 0. The Hall–Kier alpha value is -2.83. The average molecular weight is 378 g/mol. The summed E-state index contributed by atoms with van der Waals surface area (Å²) in [6, 6.07) is 12.2. The molecule has 0 atom stereocenters. The second kappa shape index (κ2) is 8.70. The van der Waals surface area contributed by atoms with Crippen molar-refractivity contribution in [2.45, 2.75) is 26.4 Å². The number of rotatable bonds is 6. The number of hydrogen-bond acceptors (Lipinski definition) is 2. The molecule has 0 aromatic heterocycles. The summed E-state index contributed by atoms with van der Waals surface area (Å²) in [6.07, 6.45) is -4.44. The van der Waals surface area contributed by atoms with E-state index in [1.807, 2.05) is 31.2 Å². The number of anilines is 1. The highest BCUT2D eigenvalue weighted by molar-refractivity contribution is 5.95. The molecule has 0 aliphatic rings. The van der Waals surface area contributed by atoms with Crippen LogP contribution < -0.4 is 5.32 Å². The van der Waals surface area contributed by atoms with Gasteiger partial charge in [0.25, 0.3) is 0 Å². The fourth-order valence-electron chi connectivity index (χ4n) is 2.66. The van der Waals surface area contributed by atoms with Crippen molar-refractivity contribution >= 4 is 17.5 Å². The first-order valence-corrected chi connectivity index (χ1v) is 8.50. The van der Waals surface area contributed by atoms with E-state index in [1.165, 1.54) is 23.1 Å². The molecule has 2 rings (SSSR count). The summed E-state index contributed by atoms with van der Waals surface area (Å²) < 4.78 is 39.1. The monoisotopic (exact) mass is 378 g/mol. The van der Waals surface area contributed by atoms with Gasteiger partial charge in [0, 0.05) is 6.54 Å². The first-order chi connectivity index (χ1) is 12.7. The van der Waals surface area contributed by atoms with Crippen molar-refractivity contribution in [2.24, 2.45) is 0 Å². The van der Waals surface area contributed by atoms with Crippen LogP contribution in [0.4, 0.5) is 18.9 Å². The molecule has 0 aliphatic carbocycles. The smallest absolute Gasteiger partial charge is 0.333 e. The molecule has 0 unspecified atom stereocenters. The topological polar surface area (TPSA) is 49.4 Å². The lowest BCUT2D eigenvalue weighted by Gasteiger charge is -2.21. The minimum Gasteiger partial charge on any atom is -0.333 e. The van der Waals surface area contributed by atoms with Gasteiger partial charge in [-0.15, -0.1) is 0 Å². The normalized spacial score (nSPS) is 11.1. The molecule has 0 fully saturated rings. The molecule has 7 heteroatoms. The van der Waals surface area contributed by atoms with Crippen molar-refractivity contribution in [1.29, 1.82) is 0 Å². The number of para-hydroxylation sites is 1. The Balaban J connectivity index is 2.05. The van der Waals surface area contributed by atoms with Crippen LogP contribution in [0.3, 0.4) is 0 Å². The van der Waals surface area contributed by atoms with Crippen LogP contribution in [0.15, 0.2) is 48.5 Å². The zero-order valence-electron chi connectivity index (χ0n) is 15.1. The first-order valence-electron chi connectivity index (χ1n) is 8.50. The largest absolute Gasteiger partial charge is 0.418 e. The molecular weight excluding hydrogens is 357 g/mol. The standard InChI is InChI=1S/C20H21F3N2O2/c1-3-25(19(27)12-15-9-5-4-8-14(15)2)13-18(26)24-17-11-7-6-10-16(17)20(21,22)23/h4-11H,3,12-13H2,1-2H3,(H,24,26). The van der Waals surface area contributed by atoms with E-state index in [2.05, 4.69) is 5.32 Å². The van der Waals surface area contributed by atoms with Crippen LogP contribution in [0.5, 0.6) is 0 Å². The molecule has 144 valence electrons. The van der Waals surface area contributed by atoms with Gasteiger partial charge in [-0.1, -0.05) is 36.4 Å². The number of nitrogens with zero attached hydrogens (tertiary/aromatic N) is 1.